The largest absolute Gasteiger partial charge is 0.479 e. The number of aliphatic carboxylic acids is 1. The van der Waals surface area contributed by atoms with Crippen molar-refractivity contribution in [3.63, 3.8) is 0 Å². The minimum atomic E-state index is -1.55. The van der Waals surface area contributed by atoms with Crippen molar-refractivity contribution in [2.45, 2.75) is 53.4 Å². The van der Waals surface area contributed by atoms with Crippen LogP contribution < -0.4 is 5.73 Å². The maximum absolute atomic E-state index is 12.0. The summed E-state index contributed by atoms with van der Waals surface area (Å²) in [5.74, 6) is -2.25. The van der Waals surface area contributed by atoms with Gasteiger partial charge in [-0.05, 0) is 42.9 Å². The van der Waals surface area contributed by atoms with E-state index in [1.54, 1.807) is 0 Å². The van der Waals surface area contributed by atoms with Gasteiger partial charge in [-0.25, -0.2) is 9.59 Å². The topological polar surface area (TPSA) is 151 Å². The van der Waals surface area contributed by atoms with E-state index in [4.69, 9.17) is 15.5 Å². The fourth-order valence-electron chi connectivity index (χ4n) is 3.98. The van der Waals surface area contributed by atoms with Crippen LogP contribution in [0.5, 0.6) is 0 Å². The first-order valence-corrected chi connectivity index (χ1v) is 11.0. The molecule has 9 heteroatoms. The van der Waals surface area contributed by atoms with Crippen LogP contribution in [0.15, 0.2) is 30.5 Å². The van der Waals surface area contributed by atoms with Gasteiger partial charge in [-0.15, -0.1) is 0 Å². The number of H-pyrrole nitrogens is 1. The minimum absolute atomic E-state index is 0.105. The summed E-state index contributed by atoms with van der Waals surface area (Å²) in [5, 5.41) is 25.3. The van der Waals surface area contributed by atoms with Gasteiger partial charge in [0.25, 0.3) is 0 Å². The Morgan fingerprint density at radius 3 is 2.35 bits per heavy atom. The summed E-state index contributed by atoms with van der Waals surface area (Å²) in [6.45, 7) is 8.24. The molecular weight excluding hydrogens is 436 g/mol. The number of carbonyl (C=O) groups is 2. The van der Waals surface area contributed by atoms with E-state index < -0.39 is 18.0 Å². The number of ether oxygens (including phenoxy) is 1. The molecule has 0 fully saturated rings. The number of aromatic carboxylic acids is 1. The average Bonchev–Trinajstić information content (AvgIpc) is 3.24. The predicted molar refractivity (Wildman–Crippen MR) is 126 cm³/mol. The number of carboxylic acids is 2. The van der Waals surface area contributed by atoms with E-state index in [0.717, 1.165) is 40.6 Å². The van der Waals surface area contributed by atoms with E-state index in [0.29, 0.717) is 17.2 Å². The number of aromatic nitrogens is 3. The third kappa shape index (κ3) is 5.32. The highest BCUT2D eigenvalue weighted by atomic mass is 16.5. The van der Waals surface area contributed by atoms with Crippen LogP contribution in [0.25, 0.3) is 11.1 Å². The maximum atomic E-state index is 12.0. The highest BCUT2D eigenvalue weighted by molar-refractivity contribution is 5.90. The van der Waals surface area contributed by atoms with Crippen molar-refractivity contribution in [1.82, 2.24) is 15.2 Å². The summed E-state index contributed by atoms with van der Waals surface area (Å²) in [4.78, 5) is 28.2. The number of hydrogen-bond acceptors (Lipinski definition) is 6. The van der Waals surface area contributed by atoms with E-state index in [9.17, 15) is 19.8 Å². The second-order valence-corrected chi connectivity index (χ2v) is 8.68. The molecule has 3 aromatic rings. The third-order valence-electron chi connectivity index (χ3n) is 5.62. The first-order valence-electron chi connectivity index (χ1n) is 11.0. The molecular formula is C25H30N4O5. The number of rotatable bonds is 10. The summed E-state index contributed by atoms with van der Waals surface area (Å²) >= 11 is 0. The Hall–Kier alpha value is -3.56. The Morgan fingerprint density at radius 1 is 1.12 bits per heavy atom. The van der Waals surface area contributed by atoms with E-state index in [1.165, 1.54) is 0 Å². The number of nitrogens with one attached hydrogen (secondary N) is 1. The van der Waals surface area contributed by atoms with E-state index >= 15 is 0 Å². The van der Waals surface area contributed by atoms with Crippen LogP contribution in [0.1, 0.15) is 64.1 Å². The van der Waals surface area contributed by atoms with Crippen molar-refractivity contribution in [1.29, 1.82) is 0 Å². The SMILES string of the molecule is Cc1ccc(-c2c(COC(C(=O)O)c3[nH]ncc3C(=O)O)c(C)nc(CC(C)C)c2CN)cc1. The van der Waals surface area contributed by atoms with Crippen molar-refractivity contribution in [2.75, 3.05) is 0 Å². The fourth-order valence-corrected chi connectivity index (χ4v) is 3.98. The van der Waals surface area contributed by atoms with Gasteiger partial charge >= 0.3 is 11.9 Å². The summed E-state index contributed by atoms with van der Waals surface area (Å²) in [7, 11) is 0. The summed E-state index contributed by atoms with van der Waals surface area (Å²) in [6, 6.07) is 8.00. The lowest BCUT2D eigenvalue weighted by molar-refractivity contribution is -0.152. The Kier molecular flexibility index (Phi) is 7.80. The molecule has 1 unspecified atom stereocenters. The zero-order valence-electron chi connectivity index (χ0n) is 19.8. The molecule has 2 aromatic heterocycles. The van der Waals surface area contributed by atoms with Crippen molar-refractivity contribution in [3.05, 3.63) is 69.8 Å². The van der Waals surface area contributed by atoms with Gasteiger partial charge in [0, 0.05) is 23.5 Å². The number of nitrogens with two attached hydrogens (primary N) is 1. The van der Waals surface area contributed by atoms with Crippen molar-refractivity contribution in [2.24, 2.45) is 11.7 Å². The van der Waals surface area contributed by atoms with Gasteiger partial charge in [0.1, 0.15) is 5.56 Å². The van der Waals surface area contributed by atoms with Crippen LogP contribution >= 0.6 is 0 Å². The first-order chi connectivity index (χ1) is 16.1. The molecule has 0 radical (unpaired) electrons. The molecule has 0 aliphatic rings. The lowest BCUT2D eigenvalue weighted by Crippen LogP contribution is -2.20. The molecule has 0 saturated carbocycles. The second-order valence-electron chi connectivity index (χ2n) is 8.68. The van der Waals surface area contributed by atoms with Crippen LogP contribution in [0, 0.1) is 19.8 Å². The third-order valence-corrected chi connectivity index (χ3v) is 5.62. The molecule has 0 aliphatic heterocycles. The zero-order chi connectivity index (χ0) is 25.0. The number of aromatic amines is 1. The van der Waals surface area contributed by atoms with E-state index in [1.807, 2.05) is 38.1 Å². The Balaban J connectivity index is 2.11. The molecule has 0 amide bonds. The first kappa shape index (κ1) is 25.1. The molecule has 0 aliphatic carbocycles. The van der Waals surface area contributed by atoms with Crippen LogP contribution in [0.2, 0.25) is 0 Å². The van der Waals surface area contributed by atoms with Gasteiger partial charge < -0.3 is 20.7 Å². The van der Waals surface area contributed by atoms with Crippen LogP contribution in [0.3, 0.4) is 0 Å². The standard InChI is InChI=1S/C25H30N4O5/c1-13(2)9-20-17(10-26)21(16-7-5-14(3)6-8-16)19(15(4)28-20)12-34-23(25(32)33)22-18(24(30)31)11-27-29-22/h5-8,11,13,23H,9-10,12,26H2,1-4H3,(H,27,29)(H,30,31)(H,32,33). The van der Waals surface area contributed by atoms with Crippen molar-refractivity contribution >= 4 is 11.9 Å². The van der Waals surface area contributed by atoms with Gasteiger partial charge in [0.2, 0.25) is 0 Å². The number of hydrogen-bond donors (Lipinski definition) is 4. The van der Waals surface area contributed by atoms with E-state index in [-0.39, 0.29) is 24.4 Å². The number of nitrogens with zero attached hydrogens (tertiary/aromatic N) is 2. The molecule has 180 valence electrons. The maximum Gasteiger partial charge on any atom is 0.339 e. The summed E-state index contributed by atoms with van der Waals surface area (Å²) < 4.78 is 5.80. The molecule has 2 heterocycles. The number of aryl methyl sites for hydroxylation is 2. The lowest BCUT2D eigenvalue weighted by Gasteiger charge is -2.22. The van der Waals surface area contributed by atoms with Crippen LogP contribution in [-0.4, -0.2) is 37.3 Å². The van der Waals surface area contributed by atoms with Gasteiger partial charge in [-0.3, -0.25) is 10.1 Å². The summed E-state index contributed by atoms with van der Waals surface area (Å²) in [5.41, 5.74) is 11.9. The molecule has 0 saturated heterocycles. The molecule has 5 N–H and O–H groups in total. The van der Waals surface area contributed by atoms with Crippen molar-refractivity contribution < 1.29 is 24.5 Å². The van der Waals surface area contributed by atoms with Gasteiger partial charge in [0.05, 0.1) is 18.5 Å². The van der Waals surface area contributed by atoms with Gasteiger partial charge in [-0.2, -0.15) is 5.10 Å². The predicted octanol–water partition coefficient (Wildman–Crippen LogP) is 3.79. The van der Waals surface area contributed by atoms with Crippen molar-refractivity contribution in [3.8, 4) is 11.1 Å². The zero-order valence-corrected chi connectivity index (χ0v) is 19.8. The smallest absolute Gasteiger partial charge is 0.339 e. The average molecular weight is 467 g/mol. The molecule has 9 nitrogen and oxygen atoms in total. The highest BCUT2D eigenvalue weighted by Crippen LogP contribution is 2.34. The molecule has 1 aromatic carbocycles. The Morgan fingerprint density at radius 2 is 1.79 bits per heavy atom. The quantitative estimate of drug-likeness (QED) is 0.352. The Bertz CT molecular complexity index is 1180. The number of carboxylic acid groups (broad SMARTS) is 2. The molecule has 0 spiro atoms. The molecule has 1 atom stereocenters. The van der Waals surface area contributed by atoms with Gasteiger partial charge in [0.15, 0.2) is 6.10 Å². The minimum Gasteiger partial charge on any atom is -0.479 e. The number of benzene rings is 1. The molecule has 3 rings (SSSR count). The molecule has 0 bridgehead atoms. The number of pyridine rings is 1. The van der Waals surface area contributed by atoms with E-state index in [2.05, 4.69) is 24.0 Å². The second kappa shape index (κ2) is 10.6. The van der Waals surface area contributed by atoms with Crippen LogP contribution in [0.4, 0.5) is 0 Å². The monoisotopic (exact) mass is 466 g/mol. The van der Waals surface area contributed by atoms with Crippen LogP contribution in [-0.2, 0) is 29.1 Å². The Labute approximate surface area is 198 Å². The van der Waals surface area contributed by atoms with Gasteiger partial charge in [-0.1, -0.05) is 43.7 Å². The highest BCUT2D eigenvalue weighted by Gasteiger charge is 2.29. The lowest BCUT2D eigenvalue weighted by atomic mass is 9.90. The molecule has 34 heavy (non-hydrogen) atoms. The normalized spacial score (nSPS) is 12.2. The summed E-state index contributed by atoms with van der Waals surface area (Å²) in [6.07, 6.45) is 0.270. The fraction of sp³-hybridized carbons (Fsp3) is 0.360.